The molecule has 0 aromatic heterocycles. The van der Waals surface area contributed by atoms with E-state index in [1.807, 2.05) is 36.4 Å². The van der Waals surface area contributed by atoms with Gasteiger partial charge in [-0.1, -0.05) is 81.0 Å². The third kappa shape index (κ3) is 12.2. The Morgan fingerprint density at radius 3 is 1.97 bits per heavy atom. The van der Waals surface area contributed by atoms with Crippen LogP contribution in [0.15, 0.2) is 36.4 Å². The molecule has 1 atom stereocenters. The van der Waals surface area contributed by atoms with Crippen LogP contribution in [0.3, 0.4) is 0 Å². The van der Waals surface area contributed by atoms with Gasteiger partial charge >= 0.3 is 12.1 Å². The molecule has 3 rings (SSSR count). The van der Waals surface area contributed by atoms with Crippen LogP contribution in [0.5, 0.6) is 0 Å². The van der Waals surface area contributed by atoms with E-state index >= 15 is 0 Å². The van der Waals surface area contributed by atoms with Gasteiger partial charge in [-0.25, -0.2) is 9.59 Å². The number of amides is 1. The molecule has 0 saturated heterocycles. The lowest BCUT2D eigenvalue weighted by Crippen LogP contribution is -2.43. The molecule has 1 amide bonds. The first kappa shape index (κ1) is 27.9. The molecule has 2 saturated carbocycles. The minimum Gasteiger partial charge on any atom is -0.480 e. The monoisotopic (exact) mass is 472 g/mol. The van der Waals surface area contributed by atoms with E-state index < -0.39 is 23.7 Å². The second kappa shape index (κ2) is 14.8. The van der Waals surface area contributed by atoms with Gasteiger partial charge in [0.05, 0.1) is 0 Å². The minimum atomic E-state index is -1.10. The number of hydrogen-bond donors (Lipinski definition) is 3. The van der Waals surface area contributed by atoms with Crippen LogP contribution in [-0.2, 0) is 9.53 Å². The molecule has 190 valence electrons. The van der Waals surface area contributed by atoms with Crippen molar-refractivity contribution in [1.82, 2.24) is 10.6 Å². The lowest BCUT2D eigenvalue weighted by atomic mass is 9.91. The van der Waals surface area contributed by atoms with Gasteiger partial charge in [-0.15, -0.1) is 0 Å². The summed E-state index contributed by atoms with van der Waals surface area (Å²) >= 11 is 0. The quantitative estimate of drug-likeness (QED) is 0.433. The van der Waals surface area contributed by atoms with Crippen molar-refractivity contribution in [3.05, 3.63) is 42.0 Å². The number of nitrogens with one attached hydrogen (secondary N) is 2. The highest BCUT2D eigenvalue weighted by atomic mass is 16.6. The fraction of sp³-hybridized carbons (Fsp3) is 0.643. The summed E-state index contributed by atoms with van der Waals surface area (Å²) in [7, 11) is 0. The summed E-state index contributed by atoms with van der Waals surface area (Å²) in [6.07, 6.45) is 17.5. The van der Waals surface area contributed by atoms with Crippen molar-refractivity contribution in [2.24, 2.45) is 0 Å². The molecule has 1 unspecified atom stereocenters. The van der Waals surface area contributed by atoms with Crippen molar-refractivity contribution < 1.29 is 19.4 Å². The Labute approximate surface area is 205 Å². The van der Waals surface area contributed by atoms with E-state index in [0.717, 1.165) is 17.6 Å². The van der Waals surface area contributed by atoms with E-state index in [2.05, 4.69) is 10.6 Å². The summed E-state index contributed by atoms with van der Waals surface area (Å²) in [5, 5.41) is 15.3. The highest BCUT2D eigenvalue weighted by Crippen LogP contribution is 2.22. The maximum Gasteiger partial charge on any atom is 0.408 e. The standard InChI is InChI=1S/C16H21NO4.C12H23N/c1-16(2,3)21-15(20)17-13(14(18)19)11-7-10-12-8-5-4-6-9-12;1-3-7-11(8-4-1)13-12-9-5-2-6-10-12/h4-10,13H,11H2,1-3H3,(H,17,20)(H,18,19);11-13H,1-10H2. The number of rotatable bonds is 7. The SMILES string of the molecule is C1CCC(NC2CCCCC2)CC1.CC(C)(C)OC(=O)NC(CC=Cc1ccccc1)C(=O)O. The molecule has 0 bridgehead atoms. The number of benzene rings is 1. The molecular formula is C28H44N2O4. The zero-order valence-electron chi connectivity index (χ0n) is 21.2. The molecule has 0 radical (unpaired) electrons. The average molecular weight is 473 g/mol. The molecule has 1 aromatic rings. The van der Waals surface area contributed by atoms with Crippen molar-refractivity contribution >= 4 is 18.1 Å². The molecule has 0 aliphatic heterocycles. The molecule has 2 aliphatic rings. The molecule has 0 heterocycles. The van der Waals surface area contributed by atoms with Gasteiger partial charge in [-0.05, 0) is 58.4 Å². The number of aliphatic carboxylic acids is 1. The van der Waals surface area contributed by atoms with Crippen LogP contribution in [-0.4, -0.2) is 40.9 Å². The molecule has 2 fully saturated rings. The van der Waals surface area contributed by atoms with Crippen molar-refractivity contribution in [1.29, 1.82) is 0 Å². The van der Waals surface area contributed by atoms with Crippen LogP contribution in [0, 0.1) is 0 Å². The molecule has 6 heteroatoms. The topological polar surface area (TPSA) is 87.7 Å². The Morgan fingerprint density at radius 1 is 0.971 bits per heavy atom. The van der Waals surface area contributed by atoms with Gasteiger partial charge in [0.15, 0.2) is 0 Å². The van der Waals surface area contributed by atoms with Crippen LogP contribution in [0.1, 0.15) is 97.0 Å². The third-order valence-corrected chi connectivity index (χ3v) is 6.15. The van der Waals surface area contributed by atoms with E-state index in [4.69, 9.17) is 9.84 Å². The normalized spacial score (nSPS) is 18.6. The van der Waals surface area contributed by atoms with Crippen LogP contribution in [0.25, 0.3) is 6.08 Å². The van der Waals surface area contributed by atoms with Gasteiger partial charge in [-0.3, -0.25) is 0 Å². The first-order valence-corrected chi connectivity index (χ1v) is 12.9. The smallest absolute Gasteiger partial charge is 0.408 e. The number of ether oxygens (including phenoxy) is 1. The van der Waals surface area contributed by atoms with E-state index in [-0.39, 0.29) is 6.42 Å². The molecule has 6 nitrogen and oxygen atoms in total. The maximum atomic E-state index is 11.6. The zero-order chi connectivity index (χ0) is 24.8. The van der Waals surface area contributed by atoms with Crippen LogP contribution < -0.4 is 10.6 Å². The van der Waals surface area contributed by atoms with Crippen molar-refractivity contribution in [2.45, 2.75) is 115 Å². The van der Waals surface area contributed by atoms with Gasteiger partial charge in [-0.2, -0.15) is 0 Å². The summed E-state index contributed by atoms with van der Waals surface area (Å²) in [6, 6.07) is 10.2. The molecule has 2 aliphatic carbocycles. The average Bonchev–Trinajstić information content (AvgIpc) is 2.80. The largest absolute Gasteiger partial charge is 0.480 e. The molecule has 1 aromatic carbocycles. The van der Waals surface area contributed by atoms with Gasteiger partial charge < -0.3 is 20.5 Å². The first-order chi connectivity index (χ1) is 16.2. The van der Waals surface area contributed by atoms with E-state index in [9.17, 15) is 9.59 Å². The molecular weight excluding hydrogens is 428 g/mol. The second-order valence-electron chi connectivity index (χ2n) is 10.4. The highest BCUT2D eigenvalue weighted by Gasteiger charge is 2.23. The highest BCUT2D eigenvalue weighted by molar-refractivity contribution is 5.80. The Hall–Kier alpha value is -2.34. The zero-order valence-corrected chi connectivity index (χ0v) is 21.2. The number of carbonyl (C=O) groups excluding carboxylic acids is 1. The van der Waals surface area contributed by atoms with E-state index in [1.165, 1.54) is 64.2 Å². The van der Waals surface area contributed by atoms with E-state index in [0.29, 0.717) is 0 Å². The number of alkyl carbamates (subject to hydrolysis) is 1. The molecule has 0 spiro atoms. The Kier molecular flexibility index (Phi) is 12.2. The second-order valence-corrected chi connectivity index (χ2v) is 10.4. The van der Waals surface area contributed by atoms with Crippen LogP contribution >= 0.6 is 0 Å². The minimum absolute atomic E-state index is 0.184. The van der Waals surface area contributed by atoms with Crippen LogP contribution in [0.2, 0.25) is 0 Å². The van der Waals surface area contributed by atoms with Gasteiger partial charge in [0.2, 0.25) is 0 Å². The Bertz CT molecular complexity index is 729. The number of carboxylic acid groups (broad SMARTS) is 1. The predicted molar refractivity (Wildman–Crippen MR) is 138 cm³/mol. The number of carbonyl (C=O) groups is 2. The summed E-state index contributed by atoms with van der Waals surface area (Å²) in [5.74, 6) is -1.10. The Balaban J connectivity index is 0.000000266. The third-order valence-electron chi connectivity index (χ3n) is 6.15. The number of carboxylic acids is 1. The first-order valence-electron chi connectivity index (χ1n) is 12.9. The van der Waals surface area contributed by atoms with E-state index in [1.54, 1.807) is 26.8 Å². The van der Waals surface area contributed by atoms with Crippen molar-refractivity contribution in [3.63, 3.8) is 0 Å². The summed E-state index contributed by atoms with van der Waals surface area (Å²) in [6.45, 7) is 5.16. The summed E-state index contributed by atoms with van der Waals surface area (Å²) in [4.78, 5) is 22.7. The summed E-state index contributed by atoms with van der Waals surface area (Å²) < 4.78 is 5.05. The lowest BCUT2D eigenvalue weighted by Gasteiger charge is -2.30. The molecule has 3 N–H and O–H groups in total. The maximum absolute atomic E-state index is 11.6. The lowest BCUT2D eigenvalue weighted by molar-refractivity contribution is -0.139. The van der Waals surface area contributed by atoms with Crippen molar-refractivity contribution in [3.8, 4) is 0 Å². The van der Waals surface area contributed by atoms with Crippen molar-refractivity contribution in [2.75, 3.05) is 0 Å². The predicted octanol–water partition coefficient (Wildman–Crippen LogP) is 6.31. The fourth-order valence-electron chi connectivity index (χ4n) is 4.45. The fourth-order valence-corrected chi connectivity index (χ4v) is 4.45. The summed E-state index contributed by atoms with van der Waals surface area (Å²) in [5.41, 5.74) is 0.312. The van der Waals surface area contributed by atoms with Gasteiger partial charge in [0.1, 0.15) is 11.6 Å². The Morgan fingerprint density at radius 2 is 1.50 bits per heavy atom. The van der Waals surface area contributed by atoms with Gasteiger partial charge in [0, 0.05) is 12.1 Å². The van der Waals surface area contributed by atoms with Gasteiger partial charge in [0.25, 0.3) is 0 Å². The number of hydrogen-bond acceptors (Lipinski definition) is 4. The van der Waals surface area contributed by atoms with Crippen LogP contribution in [0.4, 0.5) is 4.79 Å². The molecule has 34 heavy (non-hydrogen) atoms.